The molecule has 1 aromatic heterocycles. The second kappa shape index (κ2) is 3.70. The van der Waals surface area contributed by atoms with Gasteiger partial charge in [-0.1, -0.05) is 13.8 Å². The Morgan fingerprint density at radius 1 is 1.19 bits per heavy atom. The van der Waals surface area contributed by atoms with Crippen LogP contribution in [0, 0.1) is 11.6 Å². The summed E-state index contributed by atoms with van der Waals surface area (Å²) >= 11 is 0. The van der Waals surface area contributed by atoms with E-state index in [1.165, 1.54) is 6.07 Å². The molecule has 0 aliphatic rings. The summed E-state index contributed by atoms with van der Waals surface area (Å²) in [5, 5.41) is 0.440. The maximum atomic E-state index is 13.4. The Labute approximate surface area is 92.1 Å². The molecule has 0 saturated carbocycles. The van der Waals surface area contributed by atoms with Gasteiger partial charge in [0.15, 0.2) is 5.82 Å². The third-order valence-electron chi connectivity index (χ3n) is 2.52. The third-order valence-corrected chi connectivity index (χ3v) is 2.52. The molecule has 4 heteroatoms. The topological polar surface area (TPSA) is 38.9 Å². The van der Waals surface area contributed by atoms with Crippen molar-refractivity contribution < 1.29 is 8.78 Å². The van der Waals surface area contributed by atoms with Crippen LogP contribution in [-0.2, 0) is 0 Å². The first kappa shape index (κ1) is 10.8. The number of halogens is 2. The van der Waals surface area contributed by atoms with E-state index in [2.05, 4.69) is 4.98 Å². The lowest BCUT2D eigenvalue weighted by molar-refractivity contribution is 0.590. The predicted molar refractivity (Wildman–Crippen MR) is 60.2 cm³/mol. The van der Waals surface area contributed by atoms with E-state index in [0.717, 1.165) is 11.6 Å². The molecule has 2 rings (SSSR count). The second-order valence-corrected chi connectivity index (χ2v) is 4.08. The molecule has 1 aromatic carbocycles. The number of benzene rings is 1. The number of fused-ring (bicyclic) bond motifs is 1. The van der Waals surface area contributed by atoms with Crippen LogP contribution in [0.15, 0.2) is 18.2 Å². The molecule has 0 amide bonds. The van der Waals surface area contributed by atoms with Crippen LogP contribution in [0.4, 0.5) is 14.6 Å². The zero-order valence-corrected chi connectivity index (χ0v) is 9.09. The second-order valence-electron chi connectivity index (χ2n) is 4.08. The van der Waals surface area contributed by atoms with Crippen molar-refractivity contribution >= 4 is 16.7 Å². The summed E-state index contributed by atoms with van der Waals surface area (Å²) in [6.07, 6.45) is 0. The zero-order chi connectivity index (χ0) is 11.9. The summed E-state index contributed by atoms with van der Waals surface area (Å²) in [5.41, 5.74) is 6.64. The SMILES string of the molecule is CC(C)c1cc2cc(F)cc(F)c2nc1N. The average Bonchev–Trinajstić information content (AvgIpc) is 2.18. The Hall–Kier alpha value is -1.71. The van der Waals surface area contributed by atoms with Crippen LogP contribution in [0.25, 0.3) is 10.9 Å². The number of nitrogens with two attached hydrogens (primary N) is 1. The van der Waals surface area contributed by atoms with Gasteiger partial charge in [-0.15, -0.1) is 0 Å². The van der Waals surface area contributed by atoms with Gasteiger partial charge >= 0.3 is 0 Å². The van der Waals surface area contributed by atoms with Crippen molar-refractivity contribution in [2.24, 2.45) is 0 Å². The summed E-state index contributed by atoms with van der Waals surface area (Å²) in [6, 6.07) is 3.76. The van der Waals surface area contributed by atoms with E-state index in [0.29, 0.717) is 11.2 Å². The summed E-state index contributed by atoms with van der Waals surface area (Å²) < 4.78 is 26.4. The van der Waals surface area contributed by atoms with Crippen molar-refractivity contribution in [2.75, 3.05) is 5.73 Å². The van der Waals surface area contributed by atoms with Crippen LogP contribution in [0.3, 0.4) is 0 Å². The zero-order valence-electron chi connectivity index (χ0n) is 9.09. The molecule has 0 spiro atoms. The van der Waals surface area contributed by atoms with Gasteiger partial charge in [-0.3, -0.25) is 0 Å². The van der Waals surface area contributed by atoms with Crippen molar-refractivity contribution in [3.05, 3.63) is 35.4 Å². The lowest BCUT2D eigenvalue weighted by Gasteiger charge is -2.10. The van der Waals surface area contributed by atoms with Gasteiger partial charge in [0.2, 0.25) is 0 Å². The Bertz CT molecular complexity index is 550. The minimum absolute atomic E-state index is 0.114. The Morgan fingerprint density at radius 3 is 2.50 bits per heavy atom. The fourth-order valence-electron chi connectivity index (χ4n) is 1.70. The van der Waals surface area contributed by atoms with E-state index in [-0.39, 0.29) is 11.4 Å². The van der Waals surface area contributed by atoms with Crippen LogP contribution in [0.1, 0.15) is 25.3 Å². The van der Waals surface area contributed by atoms with Gasteiger partial charge < -0.3 is 5.73 Å². The Morgan fingerprint density at radius 2 is 1.88 bits per heavy atom. The summed E-state index contributed by atoms with van der Waals surface area (Å²) in [4.78, 5) is 3.97. The molecule has 0 atom stereocenters. The van der Waals surface area contributed by atoms with E-state index >= 15 is 0 Å². The van der Waals surface area contributed by atoms with Crippen LogP contribution in [0.5, 0.6) is 0 Å². The van der Waals surface area contributed by atoms with Crippen LogP contribution >= 0.6 is 0 Å². The molecule has 0 unspecified atom stereocenters. The maximum absolute atomic E-state index is 13.4. The first-order valence-electron chi connectivity index (χ1n) is 5.04. The largest absolute Gasteiger partial charge is 0.383 e. The number of hydrogen-bond donors (Lipinski definition) is 1. The highest BCUT2D eigenvalue weighted by Gasteiger charge is 2.11. The van der Waals surface area contributed by atoms with E-state index in [4.69, 9.17) is 5.73 Å². The molecule has 0 radical (unpaired) electrons. The normalized spacial score (nSPS) is 11.3. The first-order valence-corrected chi connectivity index (χ1v) is 5.04. The van der Waals surface area contributed by atoms with Gasteiger partial charge in [-0.25, -0.2) is 13.8 Å². The highest BCUT2D eigenvalue weighted by atomic mass is 19.1. The molecule has 0 aliphatic carbocycles. The highest BCUT2D eigenvalue weighted by molar-refractivity contribution is 5.82. The molecule has 0 bridgehead atoms. The minimum atomic E-state index is -0.683. The van der Waals surface area contributed by atoms with Gasteiger partial charge in [0.05, 0.1) is 0 Å². The Kier molecular flexibility index (Phi) is 2.50. The smallest absolute Gasteiger partial charge is 0.152 e. The van der Waals surface area contributed by atoms with Crippen molar-refractivity contribution in [3.63, 3.8) is 0 Å². The van der Waals surface area contributed by atoms with Crippen molar-refractivity contribution in [1.29, 1.82) is 0 Å². The highest BCUT2D eigenvalue weighted by Crippen LogP contribution is 2.26. The molecular formula is C12H12F2N2. The molecule has 1 heterocycles. The number of nitrogen functional groups attached to an aromatic ring is 1. The number of hydrogen-bond acceptors (Lipinski definition) is 2. The molecule has 16 heavy (non-hydrogen) atoms. The van der Waals surface area contributed by atoms with Crippen LogP contribution in [0.2, 0.25) is 0 Å². The number of aromatic nitrogens is 1. The number of anilines is 1. The monoisotopic (exact) mass is 222 g/mol. The van der Waals surface area contributed by atoms with Gasteiger partial charge in [0.1, 0.15) is 17.2 Å². The van der Waals surface area contributed by atoms with Crippen molar-refractivity contribution in [2.45, 2.75) is 19.8 Å². The standard InChI is InChI=1S/C12H12F2N2/c1-6(2)9-4-7-3-8(13)5-10(14)11(7)16-12(9)15/h3-6H,1-2H3,(H2,15,16). The van der Waals surface area contributed by atoms with Crippen molar-refractivity contribution in [1.82, 2.24) is 4.98 Å². The fraction of sp³-hybridized carbons (Fsp3) is 0.250. The van der Waals surface area contributed by atoms with E-state index in [1.807, 2.05) is 13.8 Å². The van der Waals surface area contributed by atoms with E-state index < -0.39 is 11.6 Å². The summed E-state index contributed by atoms with van der Waals surface area (Å²) in [7, 11) is 0. The summed E-state index contributed by atoms with van der Waals surface area (Å²) in [5.74, 6) is -0.820. The molecule has 0 aliphatic heterocycles. The van der Waals surface area contributed by atoms with E-state index in [1.54, 1.807) is 6.07 Å². The number of pyridine rings is 1. The Balaban J connectivity index is 2.79. The molecule has 2 N–H and O–H groups in total. The molecular weight excluding hydrogens is 210 g/mol. The van der Waals surface area contributed by atoms with Gasteiger partial charge in [-0.05, 0) is 23.6 Å². The van der Waals surface area contributed by atoms with Gasteiger partial charge in [-0.2, -0.15) is 0 Å². The number of nitrogens with zero attached hydrogens (tertiary/aromatic N) is 1. The lowest BCUT2D eigenvalue weighted by Crippen LogP contribution is -2.01. The van der Waals surface area contributed by atoms with Crippen molar-refractivity contribution in [3.8, 4) is 0 Å². The van der Waals surface area contributed by atoms with E-state index in [9.17, 15) is 8.78 Å². The molecule has 84 valence electrons. The first-order chi connectivity index (χ1) is 7.49. The molecule has 0 saturated heterocycles. The molecule has 0 fully saturated rings. The average molecular weight is 222 g/mol. The van der Waals surface area contributed by atoms with Crippen LogP contribution < -0.4 is 5.73 Å². The fourth-order valence-corrected chi connectivity index (χ4v) is 1.70. The maximum Gasteiger partial charge on any atom is 0.152 e. The van der Waals surface area contributed by atoms with Crippen LogP contribution in [-0.4, -0.2) is 4.98 Å². The predicted octanol–water partition coefficient (Wildman–Crippen LogP) is 3.22. The third kappa shape index (κ3) is 1.71. The van der Waals surface area contributed by atoms with Gasteiger partial charge in [0.25, 0.3) is 0 Å². The lowest BCUT2D eigenvalue weighted by atomic mass is 10.0. The molecule has 2 nitrogen and oxygen atoms in total. The minimum Gasteiger partial charge on any atom is -0.383 e. The molecule has 2 aromatic rings. The summed E-state index contributed by atoms with van der Waals surface area (Å²) in [6.45, 7) is 3.91. The number of rotatable bonds is 1. The quantitative estimate of drug-likeness (QED) is 0.804. The van der Waals surface area contributed by atoms with Gasteiger partial charge in [0, 0.05) is 11.5 Å².